The number of carbonyl (C=O) groups excluding carboxylic acids is 1. The van der Waals surface area contributed by atoms with Gasteiger partial charge in [-0.15, -0.1) is 5.10 Å². The fourth-order valence-electron chi connectivity index (χ4n) is 2.92. The van der Waals surface area contributed by atoms with Crippen LogP contribution in [0, 0.1) is 0 Å². The van der Waals surface area contributed by atoms with Crippen molar-refractivity contribution in [3.05, 3.63) is 47.2 Å². The first-order valence-corrected chi connectivity index (χ1v) is 8.36. The standard InChI is InChI=1S/C17H19N5O3/c1-2-25-17(24)15-9-22(20-19-15)8-14-7-21-6-12(11-3-4-11)5-13(10-23)16(21)18-14/h5-7,9,11,23H,2-4,8,10H2,1H3. The molecule has 3 aromatic rings. The lowest BCUT2D eigenvalue weighted by molar-refractivity contribution is 0.0519. The molecule has 4 rings (SSSR count). The molecule has 25 heavy (non-hydrogen) atoms. The maximum Gasteiger partial charge on any atom is 0.360 e. The van der Waals surface area contributed by atoms with Crippen LogP contribution in [0.4, 0.5) is 0 Å². The van der Waals surface area contributed by atoms with Crippen molar-refractivity contribution in [1.29, 1.82) is 0 Å². The molecule has 3 heterocycles. The zero-order valence-electron chi connectivity index (χ0n) is 13.9. The smallest absolute Gasteiger partial charge is 0.360 e. The van der Waals surface area contributed by atoms with E-state index in [2.05, 4.69) is 21.5 Å². The topological polar surface area (TPSA) is 94.5 Å². The van der Waals surface area contributed by atoms with Gasteiger partial charge in [0.25, 0.3) is 0 Å². The van der Waals surface area contributed by atoms with Crippen molar-refractivity contribution in [3.63, 3.8) is 0 Å². The molecule has 0 unspecified atom stereocenters. The van der Waals surface area contributed by atoms with Crippen molar-refractivity contribution >= 4 is 11.6 Å². The molecule has 130 valence electrons. The molecule has 0 spiro atoms. The van der Waals surface area contributed by atoms with Gasteiger partial charge in [-0.05, 0) is 37.3 Å². The summed E-state index contributed by atoms with van der Waals surface area (Å²) in [7, 11) is 0. The van der Waals surface area contributed by atoms with Gasteiger partial charge in [-0.1, -0.05) is 5.21 Å². The number of nitrogens with zero attached hydrogens (tertiary/aromatic N) is 5. The lowest BCUT2D eigenvalue weighted by Crippen LogP contribution is -2.05. The first kappa shape index (κ1) is 15.8. The number of hydrogen-bond donors (Lipinski definition) is 1. The Balaban J connectivity index is 1.60. The van der Waals surface area contributed by atoms with Crippen LogP contribution in [-0.2, 0) is 17.9 Å². The number of rotatable bonds is 6. The van der Waals surface area contributed by atoms with Gasteiger partial charge in [0.2, 0.25) is 0 Å². The van der Waals surface area contributed by atoms with Crippen LogP contribution in [0.1, 0.15) is 53.0 Å². The molecule has 0 amide bonds. The van der Waals surface area contributed by atoms with Crippen molar-refractivity contribution in [3.8, 4) is 0 Å². The zero-order chi connectivity index (χ0) is 17.4. The average Bonchev–Trinajstić information content (AvgIpc) is 3.22. The van der Waals surface area contributed by atoms with Crippen molar-refractivity contribution in [2.45, 2.75) is 38.8 Å². The van der Waals surface area contributed by atoms with Crippen LogP contribution in [-0.4, -0.2) is 42.1 Å². The van der Waals surface area contributed by atoms with Crippen molar-refractivity contribution in [2.75, 3.05) is 6.61 Å². The molecule has 0 radical (unpaired) electrons. The van der Waals surface area contributed by atoms with E-state index in [1.54, 1.807) is 17.8 Å². The number of fused-ring (bicyclic) bond motifs is 1. The number of esters is 1. The third-order valence-electron chi connectivity index (χ3n) is 4.26. The predicted octanol–water partition coefficient (Wildman–Crippen LogP) is 1.52. The summed E-state index contributed by atoms with van der Waals surface area (Å²) < 4.78 is 8.42. The highest BCUT2D eigenvalue weighted by Gasteiger charge is 2.25. The fraction of sp³-hybridized carbons (Fsp3) is 0.412. The minimum absolute atomic E-state index is 0.0448. The molecule has 8 heteroatoms. The van der Waals surface area contributed by atoms with E-state index in [9.17, 15) is 9.90 Å². The summed E-state index contributed by atoms with van der Waals surface area (Å²) in [4.78, 5) is 16.2. The number of aromatic nitrogens is 5. The summed E-state index contributed by atoms with van der Waals surface area (Å²) in [5, 5.41) is 17.4. The Labute approximate surface area is 144 Å². The van der Waals surface area contributed by atoms with Crippen LogP contribution in [0.5, 0.6) is 0 Å². The van der Waals surface area contributed by atoms with Crippen LogP contribution in [0.25, 0.3) is 5.65 Å². The maximum absolute atomic E-state index is 11.7. The second-order valence-corrected chi connectivity index (χ2v) is 6.22. The highest BCUT2D eigenvalue weighted by Crippen LogP contribution is 2.40. The largest absolute Gasteiger partial charge is 0.461 e. The summed E-state index contributed by atoms with van der Waals surface area (Å²) >= 11 is 0. The monoisotopic (exact) mass is 341 g/mol. The summed E-state index contributed by atoms with van der Waals surface area (Å²) in [6, 6.07) is 2.04. The van der Waals surface area contributed by atoms with Gasteiger partial charge < -0.3 is 14.2 Å². The van der Waals surface area contributed by atoms with Gasteiger partial charge in [0.05, 0.1) is 31.6 Å². The third kappa shape index (κ3) is 3.12. The summed E-state index contributed by atoms with van der Waals surface area (Å²) in [5.74, 6) is 0.114. The molecule has 1 aliphatic carbocycles. The Bertz CT molecular complexity index is 926. The predicted molar refractivity (Wildman–Crippen MR) is 88.2 cm³/mol. The lowest BCUT2D eigenvalue weighted by Gasteiger charge is -2.04. The van der Waals surface area contributed by atoms with E-state index in [1.807, 2.05) is 16.7 Å². The van der Waals surface area contributed by atoms with E-state index in [4.69, 9.17) is 4.74 Å². The number of imidazole rings is 1. The minimum atomic E-state index is -0.486. The van der Waals surface area contributed by atoms with E-state index in [0.29, 0.717) is 19.1 Å². The molecule has 1 saturated carbocycles. The quantitative estimate of drug-likeness (QED) is 0.683. The van der Waals surface area contributed by atoms with Gasteiger partial charge in [-0.25, -0.2) is 14.5 Å². The molecule has 1 N–H and O–H groups in total. The van der Waals surface area contributed by atoms with Crippen LogP contribution >= 0.6 is 0 Å². The fourth-order valence-corrected chi connectivity index (χ4v) is 2.92. The van der Waals surface area contributed by atoms with E-state index in [-0.39, 0.29) is 12.3 Å². The normalized spacial score (nSPS) is 14.2. The second-order valence-electron chi connectivity index (χ2n) is 6.22. The van der Waals surface area contributed by atoms with Crippen molar-refractivity contribution in [1.82, 2.24) is 24.4 Å². The zero-order valence-corrected chi connectivity index (χ0v) is 13.9. The molecule has 1 fully saturated rings. The van der Waals surface area contributed by atoms with Crippen LogP contribution < -0.4 is 0 Å². The van der Waals surface area contributed by atoms with Gasteiger partial charge in [0, 0.05) is 18.0 Å². The van der Waals surface area contributed by atoms with Crippen LogP contribution in [0.15, 0.2) is 24.7 Å². The van der Waals surface area contributed by atoms with Crippen LogP contribution in [0.3, 0.4) is 0 Å². The molecule has 0 aromatic carbocycles. The molecule has 0 atom stereocenters. The molecule has 8 nitrogen and oxygen atoms in total. The summed E-state index contributed by atoms with van der Waals surface area (Å²) in [5.41, 5.74) is 3.76. The molecule has 1 aliphatic rings. The Kier molecular flexibility index (Phi) is 3.96. The summed E-state index contributed by atoms with van der Waals surface area (Å²) in [6.45, 7) is 2.38. The SMILES string of the molecule is CCOC(=O)c1cn(Cc2cn3cc(C4CC4)cc(CO)c3n2)nn1. The molecular formula is C17H19N5O3. The lowest BCUT2D eigenvalue weighted by atomic mass is 10.1. The first-order chi connectivity index (χ1) is 12.2. The average molecular weight is 341 g/mol. The minimum Gasteiger partial charge on any atom is -0.461 e. The highest BCUT2D eigenvalue weighted by molar-refractivity contribution is 5.86. The Morgan fingerprint density at radius 2 is 2.20 bits per heavy atom. The van der Waals surface area contributed by atoms with E-state index >= 15 is 0 Å². The molecule has 0 aliphatic heterocycles. The number of aliphatic hydroxyl groups excluding tert-OH is 1. The van der Waals surface area contributed by atoms with E-state index in [0.717, 1.165) is 16.9 Å². The number of carbonyl (C=O) groups is 1. The highest BCUT2D eigenvalue weighted by atomic mass is 16.5. The Morgan fingerprint density at radius 3 is 2.92 bits per heavy atom. The Hall–Kier alpha value is -2.74. The van der Waals surface area contributed by atoms with Crippen molar-refractivity contribution in [2.24, 2.45) is 0 Å². The van der Waals surface area contributed by atoms with Gasteiger partial charge in [-0.2, -0.15) is 0 Å². The van der Waals surface area contributed by atoms with Gasteiger partial charge in [-0.3, -0.25) is 0 Å². The van der Waals surface area contributed by atoms with E-state index < -0.39 is 5.97 Å². The first-order valence-electron chi connectivity index (χ1n) is 8.36. The van der Waals surface area contributed by atoms with Gasteiger partial charge in [0.1, 0.15) is 5.65 Å². The molecule has 3 aromatic heterocycles. The number of hydrogen-bond acceptors (Lipinski definition) is 6. The maximum atomic E-state index is 11.7. The molecular weight excluding hydrogens is 322 g/mol. The van der Waals surface area contributed by atoms with Crippen molar-refractivity contribution < 1.29 is 14.6 Å². The Morgan fingerprint density at radius 1 is 1.36 bits per heavy atom. The number of ether oxygens (including phenoxy) is 1. The van der Waals surface area contributed by atoms with E-state index in [1.165, 1.54) is 18.4 Å². The molecule has 0 saturated heterocycles. The van der Waals surface area contributed by atoms with Crippen LogP contribution in [0.2, 0.25) is 0 Å². The molecule has 0 bridgehead atoms. The number of aliphatic hydroxyl groups is 1. The van der Waals surface area contributed by atoms with Gasteiger partial charge in [0.15, 0.2) is 5.69 Å². The number of pyridine rings is 1. The summed E-state index contributed by atoms with van der Waals surface area (Å²) in [6.07, 6.45) is 7.95. The third-order valence-corrected chi connectivity index (χ3v) is 4.26. The van der Waals surface area contributed by atoms with Gasteiger partial charge >= 0.3 is 5.97 Å². The second kappa shape index (κ2) is 6.29.